The van der Waals surface area contributed by atoms with Gasteiger partial charge in [-0.2, -0.15) is 20.2 Å². The number of hydrogen-bond donors (Lipinski definition) is 2. The van der Waals surface area contributed by atoms with Crippen molar-refractivity contribution in [3.63, 3.8) is 0 Å². The maximum absolute atomic E-state index is 14.4. The van der Waals surface area contributed by atoms with Gasteiger partial charge in [0.05, 0.1) is 29.0 Å². The van der Waals surface area contributed by atoms with Gasteiger partial charge in [0.15, 0.2) is 0 Å². The van der Waals surface area contributed by atoms with E-state index >= 15 is 0 Å². The lowest BCUT2D eigenvalue weighted by atomic mass is 9.74. The fraction of sp³-hybridized carbons (Fsp3) is 0.500. The van der Waals surface area contributed by atoms with Crippen molar-refractivity contribution in [3.8, 4) is 12.1 Å². The molecule has 3 atom stereocenters. The van der Waals surface area contributed by atoms with Crippen molar-refractivity contribution in [2.45, 2.75) is 55.8 Å². The summed E-state index contributed by atoms with van der Waals surface area (Å²) in [7, 11) is 1.81. The third-order valence-electron chi connectivity index (χ3n) is 9.29. The predicted molar refractivity (Wildman–Crippen MR) is 155 cm³/mol. The number of halogens is 1. The quantitative estimate of drug-likeness (QED) is 0.417. The molecule has 3 N–H and O–H groups in total. The summed E-state index contributed by atoms with van der Waals surface area (Å²) in [6, 6.07) is 2.06. The first-order valence-corrected chi connectivity index (χ1v) is 14.8. The van der Waals surface area contributed by atoms with Crippen molar-refractivity contribution >= 4 is 28.2 Å². The zero-order valence-electron chi connectivity index (χ0n) is 23.4. The molecule has 14 heteroatoms. The standard InChI is InChI=1S/C28H31FN10O2S/c1-16(19-10-32-15-33-23(19)40)37(2)24-34-25(36-26(35-24)41-14-28-5-3-7-39(28)11-17(29)8-28)38-12-27(13-38)6-4-20-21(27)18(9-30)22(31)42-20/h3,7,10,15-17H,4-6,8,11-14,31H2,1-2H3,(H,32,33,40)/t16?,17-,28+/m1/s1. The van der Waals surface area contributed by atoms with Gasteiger partial charge in [0.1, 0.15) is 23.8 Å². The molecule has 42 heavy (non-hydrogen) atoms. The van der Waals surface area contributed by atoms with Crippen LogP contribution in [0.3, 0.4) is 0 Å². The summed E-state index contributed by atoms with van der Waals surface area (Å²) in [5.41, 5.74) is 7.44. The van der Waals surface area contributed by atoms with Gasteiger partial charge in [-0.05, 0) is 37.9 Å². The largest absolute Gasteiger partial charge is 0.461 e. The number of rotatable bonds is 7. The third kappa shape index (κ3) is 4.09. The predicted octanol–water partition coefficient (Wildman–Crippen LogP) is 2.45. The van der Waals surface area contributed by atoms with Gasteiger partial charge in [-0.1, -0.05) is 6.08 Å². The minimum absolute atomic E-state index is 0.142. The van der Waals surface area contributed by atoms with Gasteiger partial charge in [0.25, 0.3) is 5.56 Å². The molecule has 4 aliphatic rings. The number of aryl methyl sites for hydroxylation is 1. The summed E-state index contributed by atoms with van der Waals surface area (Å²) in [6.45, 7) is 3.74. The average Bonchev–Trinajstić information content (AvgIpc) is 3.68. The molecule has 1 aliphatic carbocycles. The van der Waals surface area contributed by atoms with Crippen LogP contribution in [0.15, 0.2) is 29.6 Å². The molecule has 1 spiro atoms. The molecule has 3 aromatic rings. The highest BCUT2D eigenvalue weighted by atomic mass is 32.1. The second-order valence-corrected chi connectivity index (χ2v) is 12.9. The van der Waals surface area contributed by atoms with Crippen LogP contribution in [0.25, 0.3) is 0 Å². The number of nitriles is 1. The number of anilines is 3. The fourth-order valence-corrected chi connectivity index (χ4v) is 8.06. The smallest absolute Gasteiger partial charge is 0.323 e. The Morgan fingerprint density at radius 2 is 2.21 bits per heavy atom. The second-order valence-electron chi connectivity index (χ2n) is 11.8. The number of hydrogen-bond acceptors (Lipinski definition) is 12. The Morgan fingerprint density at radius 1 is 1.38 bits per heavy atom. The van der Waals surface area contributed by atoms with Crippen molar-refractivity contribution in [3.05, 3.63) is 56.7 Å². The van der Waals surface area contributed by atoms with Crippen molar-refractivity contribution in [2.24, 2.45) is 0 Å². The topological polar surface area (TPSA) is 153 Å². The van der Waals surface area contributed by atoms with Crippen LogP contribution in [-0.2, 0) is 11.8 Å². The van der Waals surface area contributed by atoms with Crippen LogP contribution >= 0.6 is 11.3 Å². The van der Waals surface area contributed by atoms with E-state index in [9.17, 15) is 14.4 Å². The maximum atomic E-state index is 14.4. The summed E-state index contributed by atoms with van der Waals surface area (Å²) in [6.07, 6.45) is 8.88. The first kappa shape index (κ1) is 26.6. The fourth-order valence-electron chi connectivity index (χ4n) is 6.92. The van der Waals surface area contributed by atoms with Crippen LogP contribution in [0.4, 0.5) is 21.3 Å². The highest BCUT2D eigenvalue weighted by molar-refractivity contribution is 7.16. The minimum atomic E-state index is -0.911. The van der Waals surface area contributed by atoms with Crippen molar-refractivity contribution in [2.75, 3.05) is 48.8 Å². The van der Waals surface area contributed by atoms with E-state index in [1.807, 2.05) is 24.1 Å². The highest BCUT2D eigenvalue weighted by Gasteiger charge is 2.52. The lowest BCUT2D eigenvalue weighted by molar-refractivity contribution is 0.121. The van der Waals surface area contributed by atoms with Crippen molar-refractivity contribution < 1.29 is 9.13 Å². The van der Waals surface area contributed by atoms with Gasteiger partial charge in [0, 0.05) is 49.6 Å². The van der Waals surface area contributed by atoms with E-state index in [1.54, 1.807) is 11.9 Å². The molecule has 0 bridgehead atoms. The van der Waals surface area contributed by atoms with Crippen LogP contribution in [0.5, 0.6) is 6.01 Å². The molecule has 3 aromatic heterocycles. The zero-order chi connectivity index (χ0) is 29.2. The Hall–Kier alpha value is -4.25. The van der Waals surface area contributed by atoms with E-state index in [0.717, 1.165) is 18.4 Å². The van der Waals surface area contributed by atoms with Crippen LogP contribution in [0.1, 0.15) is 53.8 Å². The zero-order valence-corrected chi connectivity index (χ0v) is 24.2. The molecule has 12 nitrogen and oxygen atoms in total. The average molecular weight is 591 g/mol. The van der Waals surface area contributed by atoms with Crippen molar-refractivity contribution in [1.29, 1.82) is 5.26 Å². The Labute approximate surface area is 245 Å². The maximum Gasteiger partial charge on any atom is 0.323 e. The number of nitrogens with zero attached hydrogens (tertiary/aromatic N) is 8. The molecule has 3 aliphatic heterocycles. The Kier molecular flexibility index (Phi) is 6.12. The van der Waals surface area contributed by atoms with E-state index in [4.69, 9.17) is 20.4 Å². The number of H-pyrrole nitrogens is 1. The monoisotopic (exact) mass is 590 g/mol. The summed E-state index contributed by atoms with van der Waals surface area (Å²) in [4.78, 5) is 40.4. The number of ether oxygens (including phenoxy) is 1. The van der Waals surface area contributed by atoms with E-state index in [-0.39, 0.29) is 23.6 Å². The van der Waals surface area contributed by atoms with E-state index in [1.165, 1.54) is 28.7 Å². The number of thiophene rings is 1. The Bertz CT molecular complexity index is 1680. The molecular weight excluding hydrogens is 559 g/mol. The highest BCUT2D eigenvalue weighted by Crippen LogP contribution is 2.52. The second kappa shape index (κ2) is 9.65. The number of aromatic amines is 1. The van der Waals surface area contributed by atoms with E-state index < -0.39 is 17.8 Å². The summed E-state index contributed by atoms with van der Waals surface area (Å²) in [5, 5.41) is 10.4. The number of fused-ring (bicyclic) bond motifs is 3. The number of alkyl halides is 1. The van der Waals surface area contributed by atoms with Crippen molar-refractivity contribution in [1.82, 2.24) is 29.8 Å². The molecule has 0 radical (unpaired) electrons. The van der Waals surface area contributed by atoms with Crippen LogP contribution < -0.4 is 25.8 Å². The van der Waals surface area contributed by atoms with Crippen LogP contribution in [-0.4, -0.2) is 74.8 Å². The summed E-state index contributed by atoms with van der Waals surface area (Å²) < 4.78 is 20.6. The lowest BCUT2D eigenvalue weighted by Gasteiger charge is -2.48. The number of nitrogens with one attached hydrogen (secondary N) is 1. The Morgan fingerprint density at radius 3 is 3.00 bits per heavy atom. The van der Waals surface area contributed by atoms with Gasteiger partial charge in [0.2, 0.25) is 11.9 Å². The van der Waals surface area contributed by atoms with Gasteiger partial charge in [-0.15, -0.1) is 11.3 Å². The first-order valence-electron chi connectivity index (χ1n) is 14.0. The molecule has 0 saturated carbocycles. The third-order valence-corrected chi connectivity index (χ3v) is 10.4. The van der Waals surface area contributed by atoms with Gasteiger partial charge >= 0.3 is 6.01 Å². The van der Waals surface area contributed by atoms with Gasteiger partial charge < -0.3 is 30.2 Å². The number of nitrogens with two attached hydrogens (primary N) is 1. The molecule has 2 fully saturated rings. The summed E-state index contributed by atoms with van der Waals surface area (Å²) in [5.74, 6) is 0.786. The van der Waals surface area contributed by atoms with Gasteiger partial charge in [-0.25, -0.2) is 9.37 Å². The number of nitrogen functional groups attached to an aromatic ring is 1. The molecule has 0 aromatic carbocycles. The SMILES string of the molecule is CC(c1cnc[nH]c1=O)N(C)c1nc(OC[C@@]23CC=CN2C[C@H](F)C3)nc(N2CC3(CCc4sc(N)c(C#N)c43)C2)n1. The van der Waals surface area contributed by atoms with E-state index in [2.05, 4.69) is 25.9 Å². The first-order chi connectivity index (χ1) is 20.2. The minimum Gasteiger partial charge on any atom is -0.461 e. The molecule has 6 heterocycles. The Balaban J connectivity index is 1.19. The molecule has 0 amide bonds. The normalized spacial score (nSPS) is 23.9. The van der Waals surface area contributed by atoms with Crippen LogP contribution in [0, 0.1) is 11.3 Å². The molecule has 218 valence electrons. The van der Waals surface area contributed by atoms with Gasteiger partial charge in [-0.3, -0.25) is 4.79 Å². The lowest BCUT2D eigenvalue weighted by Crippen LogP contribution is -2.59. The van der Waals surface area contributed by atoms with Crippen LogP contribution in [0.2, 0.25) is 0 Å². The molecule has 7 rings (SSSR count). The summed E-state index contributed by atoms with van der Waals surface area (Å²) >= 11 is 1.51. The molecule has 1 unspecified atom stereocenters. The molecule has 2 saturated heterocycles. The van der Waals surface area contributed by atoms with E-state index in [0.29, 0.717) is 60.5 Å². The number of aromatic nitrogens is 5. The molecular formula is C28H31FN10O2S.